The van der Waals surface area contributed by atoms with Crippen molar-refractivity contribution < 1.29 is 18.7 Å². The normalized spacial score (nSPS) is 21.1. The van der Waals surface area contributed by atoms with Crippen LogP contribution in [0.15, 0.2) is 41.0 Å². The summed E-state index contributed by atoms with van der Waals surface area (Å²) in [6.45, 7) is 0. The number of carbonyl (C=O) groups excluding carboxylic acids is 1. The summed E-state index contributed by atoms with van der Waals surface area (Å²) in [4.78, 5) is 15.4. The Kier molecular flexibility index (Phi) is 3.05. The molecule has 0 bridgehead atoms. The van der Waals surface area contributed by atoms with Gasteiger partial charge >= 0.3 is 5.97 Å². The summed E-state index contributed by atoms with van der Waals surface area (Å²) in [6, 6.07) is 9.89. The first-order valence-corrected chi connectivity index (χ1v) is 5.99. The summed E-state index contributed by atoms with van der Waals surface area (Å²) in [5, 5.41) is 0. The van der Waals surface area contributed by atoms with E-state index in [1.807, 2.05) is 30.3 Å². The fourth-order valence-corrected chi connectivity index (χ4v) is 1.95. The highest BCUT2D eigenvalue weighted by Crippen LogP contribution is 2.50. The van der Waals surface area contributed by atoms with E-state index in [9.17, 15) is 4.79 Å². The number of epoxide rings is 1. The summed E-state index contributed by atoms with van der Waals surface area (Å²) in [6.07, 6.45) is 1.42. The molecule has 2 atom stereocenters. The Morgan fingerprint density at radius 3 is 2.84 bits per heavy atom. The molecule has 1 aliphatic rings. The summed E-state index contributed by atoms with van der Waals surface area (Å²) in [5.41, 5.74) is 1.66. The van der Waals surface area contributed by atoms with Gasteiger partial charge in [0.1, 0.15) is 12.4 Å². The van der Waals surface area contributed by atoms with Crippen molar-refractivity contribution in [2.45, 2.75) is 18.6 Å². The Balaban J connectivity index is 1.67. The Labute approximate surface area is 110 Å². The van der Waals surface area contributed by atoms with E-state index < -0.39 is 0 Å². The number of hydrogen-bond acceptors (Lipinski definition) is 5. The molecule has 5 nitrogen and oxygen atoms in total. The van der Waals surface area contributed by atoms with Crippen LogP contribution in [0.2, 0.25) is 0 Å². The van der Waals surface area contributed by atoms with E-state index in [0.717, 1.165) is 5.56 Å². The van der Waals surface area contributed by atoms with E-state index in [2.05, 4.69) is 9.72 Å². The molecule has 3 rings (SSSR count). The maximum atomic E-state index is 11.1. The molecule has 19 heavy (non-hydrogen) atoms. The van der Waals surface area contributed by atoms with Gasteiger partial charge in [0, 0.05) is 0 Å². The van der Waals surface area contributed by atoms with Crippen molar-refractivity contribution in [2.75, 3.05) is 7.11 Å². The second kappa shape index (κ2) is 4.85. The zero-order valence-electron chi connectivity index (χ0n) is 10.4. The Morgan fingerprint density at radius 2 is 2.11 bits per heavy atom. The van der Waals surface area contributed by atoms with Crippen LogP contribution in [0.3, 0.4) is 0 Å². The van der Waals surface area contributed by atoms with Crippen LogP contribution in [0.5, 0.6) is 0 Å². The lowest BCUT2D eigenvalue weighted by Gasteiger charge is -1.93. The monoisotopic (exact) mass is 259 g/mol. The van der Waals surface area contributed by atoms with Crippen molar-refractivity contribution in [1.29, 1.82) is 0 Å². The minimum absolute atomic E-state index is 0.00849. The van der Waals surface area contributed by atoms with Crippen molar-refractivity contribution >= 4 is 5.97 Å². The standard InChI is InChI=1S/C14H13NO4/c1-17-11(16)7-10-8-18-14(15-10)13-12(19-13)9-5-3-2-4-6-9/h2-6,8,12-13H,7H2,1H3/t12-,13+/m1/s1. The van der Waals surface area contributed by atoms with Crippen molar-refractivity contribution in [3.63, 3.8) is 0 Å². The van der Waals surface area contributed by atoms with Gasteiger partial charge in [-0.25, -0.2) is 4.98 Å². The topological polar surface area (TPSA) is 64.9 Å². The van der Waals surface area contributed by atoms with Gasteiger partial charge in [0.15, 0.2) is 6.10 Å². The zero-order chi connectivity index (χ0) is 13.2. The second-order valence-electron chi connectivity index (χ2n) is 4.32. The van der Waals surface area contributed by atoms with Gasteiger partial charge < -0.3 is 13.9 Å². The summed E-state index contributed by atoms with van der Waals surface area (Å²) in [7, 11) is 1.35. The molecule has 2 aromatic rings. The fraction of sp³-hybridized carbons (Fsp3) is 0.286. The summed E-state index contributed by atoms with van der Waals surface area (Å²) < 4.78 is 15.5. The zero-order valence-corrected chi connectivity index (χ0v) is 10.4. The number of nitrogens with zero attached hydrogens (tertiary/aromatic N) is 1. The average Bonchev–Trinajstić information content (AvgIpc) is 3.13. The number of ether oxygens (including phenoxy) is 2. The molecular formula is C14H13NO4. The van der Waals surface area contributed by atoms with E-state index in [4.69, 9.17) is 9.15 Å². The minimum atomic E-state index is -0.337. The highest BCUT2D eigenvalue weighted by molar-refractivity contribution is 5.71. The number of aromatic nitrogens is 1. The molecule has 0 N–H and O–H groups in total. The molecule has 2 heterocycles. The number of esters is 1. The lowest BCUT2D eigenvalue weighted by atomic mass is 10.1. The molecule has 0 unspecified atom stereocenters. The number of carbonyl (C=O) groups is 1. The number of methoxy groups -OCH3 is 1. The number of oxazole rings is 1. The van der Waals surface area contributed by atoms with Gasteiger partial charge in [-0.05, 0) is 5.56 Å². The van der Waals surface area contributed by atoms with Crippen molar-refractivity contribution in [1.82, 2.24) is 4.98 Å². The third kappa shape index (κ3) is 2.51. The van der Waals surface area contributed by atoms with Crippen LogP contribution in [-0.4, -0.2) is 18.1 Å². The fourth-order valence-electron chi connectivity index (χ4n) is 1.95. The first kappa shape index (κ1) is 11.9. The van der Waals surface area contributed by atoms with Gasteiger partial charge in [-0.3, -0.25) is 4.79 Å². The van der Waals surface area contributed by atoms with Crippen LogP contribution in [0.1, 0.15) is 29.4 Å². The highest BCUT2D eigenvalue weighted by Gasteiger charge is 2.45. The Morgan fingerprint density at radius 1 is 1.32 bits per heavy atom. The van der Waals surface area contributed by atoms with Crippen molar-refractivity contribution in [3.8, 4) is 0 Å². The number of benzene rings is 1. The van der Waals surface area contributed by atoms with Gasteiger partial charge in [-0.1, -0.05) is 30.3 Å². The molecule has 1 aromatic carbocycles. The maximum absolute atomic E-state index is 11.1. The highest BCUT2D eigenvalue weighted by atomic mass is 16.6. The van der Waals surface area contributed by atoms with E-state index in [1.165, 1.54) is 13.4 Å². The molecule has 0 radical (unpaired) electrons. The molecule has 98 valence electrons. The first-order valence-electron chi connectivity index (χ1n) is 5.99. The quantitative estimate of drug-likeness (QED) is 0.622. The van der Waals surface area contributed by atoms with Crippen LogP contribution in [0, 0.1) is 0 Å². The van der Waals surface area contributed by atoms with Crippen LogP contribution in [0.25, 0.3) is 0 Å². The van der Waals surface area contributed by atoms with Crippen molar-refractivity contribution in [2.24, 2.45) is 0 Å². The van der Waals surface area contributed by atoms with Gasteiger partial charge in [-0.2, -0.15) is 0 Å². The van der Waals surface area contributed by atoms with Crippen LogP contribution in [0.4, 0.5) is 0 Å². The van der Waals surface area contributed by atoms with Gasteiger partial charge in [0.05, 0.1) is 19.2 Å². The smallest absolute Gasteiger partial charge is 0.311 e. The first-order chi connectivity index (χ1) is 9.28. The van der Waals surface area contributed by atoms with Crippen molar-refractivity contribution in [3.05, 3.63) is 53.7 Å². The van der Waals surface area contributed by atoms with E-state index in [-0.39, 0.29) is 24.6 Å². The molecular weight excluding hydrogens is 246 g/mol. The summed E-state index contributed by atoms with van der Waals surface area (Å²) >= 11 is 0. The largest absolute Gasteiger partial charge is 0.469 e. The van der Waals surface area contributed by atoms with E-state index in [0.29, 0.717) is 11.6 Å². The molecule has 0 aliphatic carbocycles. The Hall–Kier alpha value is -2.14. The predicted molar refractivity (Wildman–Crippen MR) is 65.2 cm³/mol. The third-order valence-corrected chi connectivity index (χ3v) is 2.99. The van der Waals surface area contributed by atoms with Gasteiger partial charge in [0.2, 0.25) is 5.89 Å². The van der Waals surface area contributed by atoms with Crippen LogP contribution >= 0.6 is 0 Å². The van der Waals surface area contributed by atoms with Gasteiger partial charge in [-0.15, -0.1) is 0 Å². The van der Waals surface area contributed by atoms with Crippen LogP contribution < -0.4 is 0 Å². The van der Waals surface area contributed by atoms with Crippen LogP contribution in [-0.2, 0) is 20.7 Å². The lowest BCUT2D eigenvalue weighted by molar-refractivity contribution is -0.139. The second-order valence-corrected chi connectivity index (χ2v) is 4.32. The van der Waals surface area contributed by atoms with E-state index >= 15 is 0 Å². The molecule has 1 saturated heterocycles. The SMILES string of the molecule is COC(=O)Cc1coc([C@H]2O[C@@H]2c2ccccc2)n1. The van der Waals surface area contributed by atoms with Gasteiger partial charge in [0.25, 0.3) is 0 Å². The summed E-state index contributed by atoms with van der Waals surface area (Å²) in [5.74, 6) is 0.170. The molecule has 5 heteroatoms. The lowest BCUT2D eigenvalue weighted by Crippen LogP contribution is -2.04. The predicted octanol–water partition coefficient (Wildman–Crippen LogP) is 2.20. The Bertz CT molecular complexity index is 578. The maximum Gasteiger partial charge on any atom is 0.311 e. The third-order valence-electron chi connectivity index (χ3n) is 2.99. The molecule has 0 saturated carbocycles. The number of hydrogen-bond donors (Lipinski definition) is 0. The number of rotatable bonds is 4. The molecule has 0 spiro atoms. The average molecular weight is 259 g/mol. The minimum Gasteiger partial charge on any atom is -0.469 e. The molecule has 1 fully saturated rings. The molecule has 0 amide bonds. The molecule has 1 aliphatic heterocycles. The van der Waals surface area contributed by atoms with E-state index in [1.54, 1.807) is 0 Å². The molecule has 1 aromatic heterocycles.